The van der Waals surface area contributed by atoms with Gasteiger partial charge in [0.1, 0.15) is 6.10 Å². The maximum atomic E-state index is 12.4. The van der Waals surface area contributed by atoms with E-state index >= 15 is 0 Å². The molecule has 1 amide bonds. The monoisotopic (exact) mass is 744 g/mol. The van der Waals surface area contributed by atoms with Crippen LogP contribution in [0.3, 0.4) is 0 Å². The average Bonchev–Trinajstić information content (AvgIpc) is 3.16. The second kappa shape index (κ2) is 43.0. The fourth-order valence-corrected chi connectivity index (χ4v) is 6.78. The van der Waals surface area contributed by atoms with Gasteiger partial charge in [-0.1, -0.05) is 217 Å². The molecule has 0 rings (SSSR count). The summed E-state index contributed by atoms with van der Waals surface area (Å²) < 4.78 is 0. The van der Waals surface area contributed by atoms with Crippen LogP contribution in [0.25, 0.3) is 0 Å². The molecule has 0 radical (unpaired) electrons. The third-order valence-corrected chi connectivity index (χ3v) is 10.4. The van der Waals surface area contributed by atoms with Crippen LogP contribution in [0.2, 0.25) is 0 Å². The van der Waals surface area contributed by atoms with Gasteiger partial charge in [0.2, 0.25) is 5.91 Å². The van der Waals surface area contributed by atoms with Crippen molar-refractivity contribution in [3.8, 4) is 0 Å². The molecule has 0 aromatic heterocycles. The van der Waals surface area contributed by atoms with E-state index in [0.717, 1.165) is 64.2 Å². The van der Waals surface area contributed by atoms with Crippen molar-refractivity contribution in [1.29, 1.82) is 0 Å². The quantitative estimate of drug-likeness (QED) is 0.0285. The minimum Gasteiger partial charge on any atom is -0.394 e. The molecule has 0 fully saturated rings. The number of nitrogens with one attached hydrogen (secondary N) is 1. The van der Waals surface area contributed by atoms with Crippen LogP contribution in [0.1, 0.15) is 226 Å². The molecule has 310 valence electrons. The lowest BCUT2D eigenvalue weighted by atomic mass is 10.0. The van der Waals surface area contributed by atoms with Crippen molar-refractivity contribution in [3.63, 3.8) is 0 Å². The van der Waals surface area contributed by atoms with E-state index < -0.39 is 24.2 Å². The molecule has 0 aromatic rings. The summed E-state index contributed by atoms with van der Waals surface area (Å²) in [7, 11) is 0. The number of hydrogen-bond donors (Lipinski definition) is 4. The predicted octanol–water partition coefficient (Wildman–Crippen LogP) is 13.3. The molecule has 0 aliphatic heterocycles. The second-order valence-electron chi connectivity index (χ2n) is 15.6. The molecular weight excluding hydrogens is 655 g/mol. The molecule has 53 heavy (non-hydrogen) atoms. The summed E-state index contributed by atoms with van der Waals surface area (Å²) in [6, 6.07) is -0.822. The second-order valence-corrected chi connectivity index (χ2v) is 15.6. The van der Waals surface area contributed by atoms with Crippen LogP contribution >= 0.6 is 0 Å². The van der Waals surface area contributed by atoms with Crippen molar-refractivity contribution in [1.82, 2.24) is 5.32 Å². The molecule has 0 spiro atoms. The van der Waals surface area contributed by atoms with E-state index in [4.69, 9.17) is 0 Å². The Bertz CT molecular complexity index is 866. The molecule has 5 heteroatoms. The highest BCUT2D eigenvalue weighted by Gasteiger charge is 2.22. The standard InChI is InChI=1S/C48H89NO4/c1-3-5-7-9-11-13-15-17-19-20-21-22-23-24-25-26-27-28-29-31-32-34-36-38-40-42-46(51)45(44-50)49-48(53)47(52)43-41-39-37-35-33-30-18-16-14-12-10-8-6-4-2/h12,14,16,18,32,34,40,42,45-47,50-52H,3-11,13,15,17,19-31,33,35-39,41,43-44H2,1-2H3,(H,49,53)/b14-12-,18-16-,34-32+,42-40+. The summed E-state index contributed by atoms with van der Waals surface area (Å²) >= 11 is 0. The molecule has 0 aliphatic carbocycles. The normalized spacial score (nSPS) is 14.0. The number of carbonyl (C=O) groups is 1. The fraction of sp³-hybridized carbons (Fsp3) is 0.812. The van der Waals surface area contributed by atoms with Gasteiger partial charge in [0.15, 0.2) is 0 Å². The van der Waals surface area contributed by atoms with Crippen LogP contribution in [0.15, 0.2) is 48.6 Å². The highest BCUT2D eigenvalue weighted by molar-refractivity contribution is 5.80. The highest BCUT2D eigenvalue weighted by Crippen LogP contribution is 2.15. The summed E-state index contributed by atoms with van der Waals surface area (Å²) in [5, 5.41) is 33.1. The van der Waals surface area contributed by atoms with Crippen LogP contribution in [0.5, 0.6) is 0 Å². The van der Waals surface area contributed by atoms with Crippen molar-refractivity contribution in [2.24, 2.45) is 0 Å². The average molecular weight is 744 g/mol. The molecule has 0 saturated heterocycles. The lowest BCUT2D eigenvalue weighted by Crippen LogP contribution is -2.48. The van der Waals surface area contributed by atoms with Gasteiger partial charge in [-0.25, -0.2) is 0 Å². The SMILES string of the molecule is CCCCC/C=C\C=C/CCCCCCCC(O)C(=O)NC(CO)C(O)/C=C/CC/C=C/CCCCCCCCCCCCCCCCCCCCC. The summed E-state index contributed by atoms with van der Waals surface area (Å²) in [6.45, 7) is 4.13. The van der Waals surface area contributed by atoms with E-state index in [0.29, 0.717) is 6.42 Å². The predicted molar refractivity (Wildman–Crippen MR) is 231 cm³/mol. The lowest BCUT2D eigenvalue weighted by molar-refractivity contribution is -0.131. The van der Waals surface area contributed by atoms with Crippen LogP contribution in [-0.2, 0) is 4.79 Å². The summed E-state index contributed by atoms with van der Waals surface area (Å²) in [5.74, 6) is -0.526. The van der Waals surface area contributed by atoms with Crippen molar-refractivity contribution < 1.29 is 20.1 Å². The van der Waals surface area contributed by atoms with E-state index in [-0.39, 0.29) is 6.61 Å². The molecule has 0 heterocycles. The summed E-state index contributed by atoms with van der Waals surface area (Å²) in [4.78, 5) is 12.4. The Morgan fingerprint density at radius 2 is 0.830 bits per heavy atom. The smallest absolute Gasteiger partial charge is 0.249 e. The first kappa shape index (κ1) is 51.3. The minimum absolute atomic E-state index is 0.383. The highest BCUT2D eigenvalue weighted by atomic mass is 16.3. The molecule has 0 saturated carbocycles. The van der Waals surface area contributed by atoms with Gasteiger partial charge in [-0.05, 0) is 57.8 Å². The van der Waals surface area contributed by atoms with Crippen LogP contribution in [-0.4, -0.2) is 46.1 Å². The number of amides is 1. The maximum absolute atomic E-state index is 12.4. The van der Waals surface area contributed by atoms with E-state index in [1.807, 2.05) is 6.08 Å². The van der Waals surface area contributed by atoms with Crippen molar-refractivity contribution in [3.05, 3.63) is 48.6 Å². The largest absolute Gasteiger partial charge is 0.394 e. The minimum atomic E-state index is -1.12. The van der Waals surface area contributed by atoms with Gasteiger partial charge in [-0.3, -0.25) is 4.79 Å². The molecular formula is C48H89NO4. The van der Waals surface area contributed by atoms with Gasteiger partial charge in [0.25, 0.3) is 0 Å². The Labute approximate surface area is 329 Å². The number of carbonyl (C=O) groups excluding carboxylic acids is 1. The molecule has 4 N–H and O–H groups in total. The number of aliphatic hydroxyl groups is 3. The van der Waals surface area contributed by atoms with Gasteiger partial charge in [-0.2, -0.15) is 0 Å². The van der Waals surface area contributed by atoms with Gasteiger partial charge < -0.3 is 20.6 Å². The Morgan fingerprint density at radius 3 is 1.30 bits per heavy atom. The number of rotatable bonds is 41. The third-order valence-electron chi connectivity index (χ3n) is 10.4. The number of allylic oxidation sites excluding steroid dienone is 7. The number of aliphatic hydroxyl groups excluding tert-OH is 3. The fourth-order valence-electron chi connectivity index (χ4n) is 6.78. The first-order valence-electron chi connectivity index (χ1n) is 23.0. The molecule has 0 aliphatic rings. The van der Waals surface area contributed by atoms with Crippen molar-refractivity contribution in [2.75, 3.05) is 6.61 Å². The zero-order chi connectivity index (χ0) is 38.7. The molecule has 5 nitrogen and oxygen atoms in total. The first-order chi connectivity index (χ1) is 26.1. The van der Waals surface area contributed by atoms with E-state index in [9.17, 15) is 20.1 Å². The Kier molecular flexibility index (Phi) is 41.7. The summed E-state index contributed by atoms with van der Waals surface area (Å²) in [5.41, 5.74) is 0. The molecule has 3 atom stereocenters. The first-order valence-corrected chi connectivity index (χ1v) is 23.0. The number of unbranched alkanes of at least 4 members (excludes halogenated alkanes) is 28. The van der Waals surface area contributed by atoms with E-state index in [1.54, 1.807) is 6.08 Å². The molecule has 0 bridgehead atoms. The molecule has 0 aromatic carbocycles. The van der Waals surface area contributed by atoms with Crippen LogP contribution in [0.4, 0.5) is 0 Å². The van der Waals surface area contributed by atoms with Crippen molar-refractivity contribution in [2.45, 2.75) is 244 Å². The van der Waals surface area contributed by atoms with E-state index in [1.165, 1.54) is 141 Å². The Balaban J connectivity index is 3.69. The van der Waals surface area contributed by atoms with E-state index in [2.05, 4.69) is 55.6 Å². The lowest BCUT2D eigenvalue weighted by Gasteiger charge is -2.21. The summed E-state index contributed by atoms with van der Waals surface area (Å²) in [6.07, 6.45) is 55.8. The van der Waals surface area contributed by atoms with Crippen LogP contribution in [0, 0.1) is 0 Å². The van der Waals surface area contributed by atoms with Crippen LogP contribution < -0.4 is 5.32 Å². The van der Waals surface area contributed by atoms with Gasteiger partial charge in [0.05, 0.1) is 18.8 Å². The zero-order valence-corrected chi connectivity index (χ0v) is 35.1. The van der Waals surface area contributed by atoms with Crippen molar-refractivity contribution >= 4 is 5.91 Å². The topological polar surface area (TPSA) is 89.8 Å². The third kappa shape index (κ3) is 38.4. The van der Waals surface area contributed by atoms with Gasteiger partial charge >= 0.3 is 0 Å². The Morgan fingerprint density at radius 1 is 0.472 bits per heavy atom. The molecule has 3 unspecified atom stereocenters. The maximum Gasteiger partial charge on any atom is 0.249 e. The number of hydrogen-bond acceptors (Lipinski definition) is 4. The van der Waals surface area contributed by atoms with Gasteiger partial charge in [0, 0.05) is 0 Å². The Hall–Kier alpha value is -1.69. The zero-order valence-electron chi connectivity index (χ0n) is 35.1. The van der Waals surface area contributed by atoms with Gasteiger partial charge in [-0.15, -0.1) is 0 Å².